The van der Waals surface area contributed by atoms with Gasteiger partial charge in [0, 0.05) is 17.5 Å². The molecule has 3 saturated carbocycles. The van der Waals surface area contributed by atoms with E-state index in [4.69, 9.17) is 5.10 Å². The Kier molecular flexibility index (Phi) is 5.88. The van der Waals surface area contributed by atoms with E-state index in [9.17, 15) is 27.9 Å². The first-order chi connectivity index (χ1) is 17.3. The molecule has 3 aliphatic rings. The number of carbonyl (C=O) groups excluding carboxylic acids is 1. The van der Waals surface area contributed by atoms with Crippen molar-refractivity contribution in [1.82, 2.24) is 15.1 Å². The minimum Gasteiger partial charge on any atom is -0.481 e. The number of hydrogen-bond donors (Lipinski definition) is 2. The molecule has 0 spiro atoms. The Hall–Kier alpha value is -3.36. The topological polar surface area (TPSA) is 84.2 Å². The minimum atomic E-state index is -4.40. The Morgan fingerprint density at radius 1 is 1.16 bits per heavy atom. The highest BCUT2D eigenvalue weighted by Gasteiger charge is 2.74. The normalized spacial score (nSPS) is 24.6. The van der Waals surface area contributed by atoms with Crippen LogP contribution in [0.5, 0.6) is 0 Å². The highest BCUT2D eigenvalue weighted by Crippen LogP contribution is 2.72. The second-order valence-electron chi connectivity index (χ2n) is 11.2. The molecule has 9 heteroatoms. The maximum absolute atomic E-state index is 13.6. The van der Waals surface area contributed by atoms with Crippen LogP contribution in [0.1, 0.15) is 67.2 Å². The molecule has 6 nitrogen and oxygen atoms in total. The molecule has 0 saturated heterocycles. The summed E-state index contributed by atoms with van der Waals surface area (Å²) in [6, 6.07) is 10.7. The van der Waals surface area contributed by atoms with E-state index >= 15 is 0 Å². The van der Waals surface area contributed by atoms with Gasteiger partial charge in [-0.2, -0.15) is 18.3 Å². The van der Waals surface area contributed by atoms with Crippen molar-refractivity contribution in [3.8, 4) is 0 Å². The van der Waals surface area contributed by atoms with Crippen LogP contribution in [0.25, 0.3) is 10.9 Å². The molecule has 2 bridgehead atoms. The van der Waals surface area contributed by atoms with E-state index in [1.165, 1.54) is 12.1 Å². The quantitative estimate of drug-likeness (QED) is 0.406. The van der Waals surface area contributed by atoms with Gasteiger partial charge in [-0.15, -0.1) is 0 Å². The lowest BCUT2D eigenvalue weighted by atomic mass is 9.32. The van der Waals surface area contributed by atoms with Crippen LogP contribution in [0.2, 0.25) is 0 Å². The number of aliphatic carboxylic acids is 1. The molecule has 2 N–H and O–H groups in total. The molecule has 196 valence electrons. The number of carbonyl (C=O) groups is 2. The number of hydrogen-bond acceptors (Lipinski definition) is 3. The molecular formula is C28H30F3N3O3. The van der Waals surface area contributed by atoms with Crippen molar-refractivity contribution in [1.29, 1.82) is 0 Å². The number of benzene rings is 2. The van der Waals surface area contributed by atoms with Crippen molar-refractivity contribution >= 4 is 22.8 Å². The highest BCUT2D eigenvalue weighted by atomic mass is 19.4. The van der Waals surface area contributed by atoms with E-state index in [-0.39, 0.29) is 29.6 Å². The lowest BCUT2D eigenvalue weighted by Gasteiger charge is -2.75. The molecule has 1 heterocycles. The van der Waals surface area contributed by atoms with E-state index in [1.54, 1.807) is 0 Å². The number of rotatable bonds is 8. The zero-order valence-electron chi connectivity index (χ0n) is 21.0. The van der Waals surface area contributed by atoms with Gasteiger partial charge in [-0.05, 0) is 65.8 Å². The fraction of sp³-hybridized carbons (Fsp3) is 0.464. The van der Waals surface area contributed by atoms with Crippen LogP contribution >= 0.6 is 0 Å². The number of fused-ring (bicyclic) bond motifs is 1. The van der Waals surface area contributed by atoms with Crippen LogP contribution in [-0.4, -0.2) is 32.3 Å². The number of carboxylic acids is 1. The average Bonchev–Trinajstić information content (AvgIpc) is 3.16. The molecule has 3 aliphatic carbocycles. The van der Waals surface area contributed by atoms with Gasteiger partial charge in [-0.3, -0.25) is 14.3 Å². The Labute approximate surface area is 212 Å². The summed E-state index contributed by atoms with van der Waals surface area (Å²) in [5, 5.41) is 17.8. The van der Waals surface area contributed by atoms with Gasteiger partial charge in [0.2, 0.25) is 0 Å². The van der Waals surface area contributed by atoms with Crippen LogP contribution < -0.4 is 5.32 Å². The minimum absolute atomic E-state index is 0.0654. The molecule has 1 atom stereocenters. The third-order valence-corrected chi connectivity index (χ3v) is 8.24. The van der Waals surface area contributed by atoms with Crippen LogP contribution in [0, 0.1) is 17.3 Å². The summed E-state index contributed by atoms with van der Waals surface area (Å²) in [7, 11) is 0. The Balaban J connectivity index is 1.46. The van der Waals surface area contributed by atoms with Gasteiger partial charge in [0.05, 0.1) is 17.5 Å². The largest absolute Gasteiger partial charge is 0.481 e. The number of amides is 1. The van der Waals surface area contributed by atoms with Gasteiger partial charge < -0.3 is 10.4 Å². The number of halogens is 3. The SMILES string of the molecule is CC(C)Cn1nc(C(=O)NC23CC(CC(=O)O)(C2)[C@@H]3C)c2c(Cc3ccc(C(F)(F)F)cc3)cccc21. The standard InChI is InChI=1S/C28H30F3N3O3/c1-16(2)13-34-21-6-4-5-19(11-18-7-9-20(10-8-18)28(29,30)31)23(21)24(33-34)25(37)32-27-14-26(15-27,17(27)3)12-22(35)36/h4-10,16-17H,11-15H2,1-3H3,(H,32,37)(H,35,36)/t17-,26?,27?/m0/s1. The fourth-order valence-electron chi connectivity index (χ4n) is 6.32. The Bertz CT molecular complexity index is 1370. The van der Waals surface area contributed by atoms with Crippen LogP contribution in [0.15, 0.2) is 42.5 Å². The van der Waals surface area contributed by atoms with Gasteiger partial charge in [0.1, 0.15) is 0 Å². The molecule has 37 heavy (non-hydrogen) atoms. The molecular weight excluding hydrogens is 483 g/mol. The summed E-state index contributed by atoms with van der Waals surface area (Å²) in [5.41, 5.74) is 1.25. The summed E-state index contributed by atoms with van der Waals surface area (Å²) in [5.74, 6) is -0.776. The Morgan fingerprint density at radius 3 is 2.41 bits per heavy atom. The van der Waals surface area contributed by atoms with Crippen molar-refractivity contribution in [2.24, 2.45) is 17.3 Å². The average molecular weight is 514 g/mol. The van der Waals surface area contributed by atoms with Gasteiger partial charge in [-0.25, -0.2) is 0 Å². The van der Waals surface area contributed by atoms with Gasteiger partial charge in [0.25, 0.3) is 5.91 Å². The molecule has 0 aliphatic heterocycles. The maximum atomic E-state index is 13.6. The van der Waals surface area contributed by atoms with E-state index in [0.717, 1.165) is 23.2 Å². The Morgan fingerprint density at radius 2 is 1.84 bits per heavy atom. The maximum Gasteiger partial charge on any atom is 0.416 e. The molecule has 1 aromatic heterocycles. The van der Waals surface area contributed by atoms with Crippen LogP contribution in [-0.2, 0) is 23.9 Å². The van der Waals surface area contributed by atoms with Gasteiger partial charge in [0.15, 0.2) is 5.69 Å². The smallest absolute Gasteiger partial charge is 0.416 e. The molecule has 0 radical (unpaired) electrons. The fourth-order valence-corrected chi connectivity index (χ4v) is 6.32. The first kappa shape index (κ1) is 25.3. The number of carboxylic acid groups (broad SMARTS) is 1. The number of nitrogens with zero attached hydrogens (tertiary/aromatic N) is 2. The monoisotopic (exact) mass is 513 g/mol. The number of aromatic nitrogens is 2. The number of nitrogens with one attached hydrogen (secondary N) is 1. The first-order valence-electron chi connectivity index (χ1n) is 12.5. The second-order valence-corrected chi connectivity index (χ2v) is 11.2. The zero-order valence-corrected chi connectivity index (χ0v) is 21.0. The van der Waals surface area contributed by atoms with E-state index < -0.39 is 23.2 Å². The summed E-state index contributed by atoms with van der Waals surface area (Å²) >= 11 is 0. The van der Waals surface area contributed by atoms with Gasteiger partial charge >= 0.3 is 12.1 Å². The summed E-state index contributed by atoms with van der Waals surface area (Å²) < 4.78 is 40.8. The predicted octanol–water partition coefficient (Wildman–Crippen LogP) is 5.68. The zero-order chi connectivity index (χ0) is 26.8. The molecule has 6 rings (SSSR count). The summed E-state index contributed by atoms with van der Waals surface area (Å²) in [6.07, 6.45) is -2.66. The summed E-state index contributed by atoms with van der Waals surface area (Å²) in [6.45, 7) is 6.72. The lowest BCUT2D eigenvalue weighted by Crippen LogP contribution is -2.81. The highest BCUT2D eigenvalue weighted by molar-refractivity contribution is 6.06. The first-order valence-corrected chi connectivity index (χ1v) is 12.5. The van der Waals surface area contributed by atoms with Gasteiger partial charge in [-0.1, -0.05) is 45.0 Å². The van der Waals surface area contributed by atoms with Crippen molar-refractivity contribution in [2.75, 3.05) is 0 Å². The predicted molar refractivity (Wildman–Crippen MR) is 132 cm³/mol. The van der Waals surface area contributed by atoms with E-state index in [0.29, 0.717) is 42.5 Å². The molecule has 2 aromatic carbocycles. The van der Waals surface area contributed by atoms with Crippen molar-refractivity contribution in [2.45, 2.75) is 64.7 Å². The van der Waals surface area contributed by atoms with Crippen molar-refractivity contribution < 1.29 is 27.9 Å². The summed E-state index contributed by atoms with van der Waals surface area (Å²) in [4.78, 5) is 24.9. The van der Waals surface area contributed by atoms with E-state index in [2.05, 4.69) is 19.2 Å². The lowest BCUT2D eigenvalue weighted by molar-refractivity contribution is -0.222. The second kappa shape index (κ2) is 8.60. The van der Waals surface area contributed by atoms with Crippen LogP contribution in [0.3, 0.4) is 0 Å². The molecule has 3 aromatic rings. The molecule has 0 unspecified atom stereocenters. The van der Waals surface area contributed by atoms with Crippen molar-refractivity contribution in [3.63, 3.8) is 0 Å². The number of alkyl halides is 3. The third-order valence-electron chi connectivity index (χ3n) is 8.24. The third kappa shape index (κ3) is 4.28. The molecule has 1 amide bonds. The molecule has 3 fully saturated rings. The van der Waals surface area contributed by atoms with E-state index in [1.807, 2.05) is 29.8 Å². The van der Waals surface area contributed by atoms with Crippen molar-refractivity contribution in [3.05, 3.63) is 64.8 Å². The van der Waals surface area contributed by atoms with Crippen LogP contribution in [0.4, 0.5) is 13.2 Å².